The fraction of sp³-hybridized carbons (Fsp3) is 0.292. The summed E-state index contributed by atoms with van der Waals surface area (Å²) in [5, 5.41) is 12.6. The largest absolute Gasteiger partial charge is 0.339 e. The van der Waals surface area contributed by atoms with Crippen molar-refractivity contribution in [3.8, 4) is 11.1 Å². The predicted octanol–water partition coefficient (Wildman–Crippen LogP) is 4.05. The van der Waals surface area contributed by atoms with Gasteiger partial charge in [0.2, 0.25) is 5.91 Å². The third kappa shape index (κ3) is 3.95. The number of benzene rings is 2. The summed E-state index contributed by atoms with van der Waals surface area (Å²) in [5.74, 6) is 0.162. The van der Waals surface area contributed by atoms with Crippen molar-refractivity contribution in [2.24, 2.45) is 5.92 Å². The van der Waals surface area contributed by atoms with Crippen LogP contribution in [0, 0.1) is 11.7 Å². The zero-order valence-electron chi connectivity index (χ0n) is 17.3. The summed E-state index contributed by atoms with van der Waals surface area (Å²) < 4.78 is 15.2. The summed E-state index contributed by atoms with van der Waals surface area (Å²) in [7, 11) is 0. The summed E-state index contributed by atoms with van der Waals surface area (Å²) in [4.78, 5) is 14.8. The molecule has 0 aliphatic carbocycles. The number of H-pyrrole nitrogens is 1. The highest BCUT2D eigenvalue weighted by atomic mass is 19.1. The molecule has 2 aromatic heterocycles. The third-order valence-corrected chi connectivity index (χ3v) is 6.15. The lowest BCUT2D eigenvalue weighted by Gasteiger charge is -2.21. The van der Waals surface area contributed by atoms with Crippen LogP contribution in [-0.4, -0.2) is 43.4 Å². The third-order valence-electron chi connectivity index (χ3n) is 6.15. The molecule has 1 N–H and O–H groups in total. The standard InChI is InChI=1S/C24H24FN5O/c1-16-8-18(14-29(16)24(31)9-17-2-5-22(25)6-3-17)15-30-23-7-4-19(10-20(23)13-28-30)21-11-26-27-12-21/h2-7,10-13,16,18H,8-9,14-15H2,1H3,(H,26,27). The highest BCUT2D eigenvalue weighted by molar-refractivity contribution is 5.84. The molecule has 1 saturated heterocycles. The van der Waals surface area contributed by atoms with E-state index in [1.807, 2.05) is 28.2 Å². The molecule has 2 aromatic carbocycles. The van der Waals surface area contributed by atoms with Crippen LogP contribution in [0.3, 0.4) is 0 Å². The van der Waals surface area contributed by atoms with Gasteiger partial charge in [0, 0.05) is 36.3 Å². The van der Waals surface area contributed by atoms with Crippen molar-refractivity contribution in [2.45, 2.75) is 32.4 Å². The first-order chi connectivity index (χ1) is 15.1. The fourth-order valence-electron chi connectivity index (χ4n) is 4.57. The number of aromatic amines is 1. The SMILES string of the molecule is CC1CC(Cn2ncc3cc(-c4cn[nH]c4)ccc32)CN1C(=O)Cc1ccc(F)cc1. The Balaban J connectivity index is 1.27. The van der Waals surface area contributed by atoms with Crippen LogP contribution in [-0.2, 0) is 17.8 Å². The van der Waals surface area contributed by atoms with E-state index in [-0.39, 0.29) is 17.8 Å². The maximum atomic E-state index is 13.1. The number of carbonyl (C=O) groups excluding carboxylic acids is 1. The van der Waals surface area contributed by atoms with Crippen molar-refractivity contribution >= 4 is 16.8 Å². The van der Waals surface area contributed by atoms with Crippen LogP contribution in [0.4, 0.5) is 4.39 Å². The van der Waals surface area contributed by atoms with Crippen molar-refractivity contribution in [1.29, 1.82) is 0 Å². The lowest BCUT2D eigenvalue weighted by molar-refractivity contribution is -0.131. The zero-order valence-corrected chi connectivity index (χ0v) is 17.3. The van der Waals surface area contributed by atoms with E-state index in [1.165, 1.54) is 12.1 Å². The first-order valence-electron chi connectivity index (χ1n) is 10.6. The number of hydrogen-bond acceptors (Lipinski definition) is 3. The minimum Gasteiger partial charge on any atom is -0.339 e. The Kier molecular flexibility index (Phi) is 5.02. The molecule has 3 heterocycles. The second kappa shape index (κ2) is 7.98. The van der Waals surface area contributed by atoms with Gasteiger partial charge in [-0.3, -0.25) is 14.6 Å². The van der Waals surface area contributed by atoms with E-state index in [4.69, 9.17) is 0 Å². The number of amides is 1. The fourth-order valence-corrected chi connectivity index (χ4v) is 4.57. The Bertz CT molecular complexity index is 1200. The Morgan fingerprint density at radius 2 is 2.00 bits per heavy atom. The molecule has 4 aromatic rings. The molecule has 1 fully saturated rings. The number of rotatable bonds is 5. The summed E-state index contributed by atoms with van der Waals surface area (Å²) >= 11 is 0. The minimum absolute atomic E-state index is 0.0942. The number of halogens is 1. The molecule has 6 nitrogen and oxygen atoms in total. The molecule has 2 atom stereocenters. The van der Waals surface area contributed by atoms with Gasteiger partial charge in [-0.1, -0.05) is 18.2 Å². The number of aromatic nitrogens is 4. The van der Waals surface area contributed by atoms with Gasteiger partial charge in [0.05, 0.1) is 24.3 Å². The second-order valence-corrected chi connectivity index (χ2v) is 8.39. The van der Waals surface area contributed by atoms with E-state index in [9.17, 15) is 9.18 Å². The average Bonchev–Trinajstić information content (AvgIpc) is 3.50. The molecule has 0 radical (unpaired) electrons. The van der Waals surface area contributed by atoms with Crippen molar-refractivity contribution < 1.29 is 9.18 Å². The average molecular weight is 417 g/mol. The van der Waals surface area contributed by atoms with Crippen molar-refractivity contribution in [2.75, 3.05) is 6.54 Å². The van der Waals surface area contributed by atoms with Gasteiger partial charge in [-0.15, -0.1) is 0 Å². The van der Waals surface area contributed by atoms with Crippen LogP contribution >= 0.6 is 0 Å². The highest BCUT2D eigenvalue weighted by Crippen LogP contribution is 2.28. The molecule has 158 valence electrons. The maximum absolute atomic E-state index is 13.1. The Hall–Kier alpha value is -3.48. The van der Waals surface area contributed by atoms with Crippen LogP contribution in [0.25, 0.3) is 22.0 Å². The molecule has 1 amide bonds. The topological polar surface area (TPSA) is 66.8 Å². The highest BCUT2D eigenvalue weighted by Gasteiger charge is 2.32. The van der Waals surface area contributed by atoms with E-state index in [0.29, 0.717) is 12.3 Å². The lowest BCUT2D eigenvalue weighted by Crippen LogP contribution is -2.35. The van der Waals surface area contributed by atoms with Gasteiger partial charge in [-0.2, -0.15) is 10.2 Å². The van der Waals surface area contributed by atoms with E-state index in [0.717, 1.165) is 47.1 Å². The number of nitrogens with one attached hydrogen (secondary N) is 1. The second-order valence-electron chi connectivity index (χ2n) is 8.39. The first kappa shape index (κ1) is 19.5. The molecule has 0 bridgehead atoms. The molecule has 1 aliphatic heterocycles. The molecule has 5 rings (SSSR count). The molecular weight excluding hydrogens is 393 g/mol. The monoisotopic (exact) mass is 417 g/mol. The molecule has 0 saturated carbocycles. The molecular formula is C24H24FN5O. The molecule has 2 unspecified atom stereocenters. The van der Waals surface area contributed by atoms with Crippen LogP contribution in [0.5, 0.6) is 0 Å². The van der Waals surface area contributed by atoms with Crippen molar-refractivity contribution in [1.82, 2.24) is 24.9 Å². The first-order valence-corrected chi connectivity index (χ1v) is 10.6. The van der Waals surface area contributed by atoms with Crippen molar-refractivity contribution in [3.63, 3.8) is 0 Å². The van der Waals surface area contributed by atoms with Gasteiger partial charge >= 0.3 is 0 Å². The Morgan fingerprint density at radius 3 is 2.77 bits per heavy atom. The Labute approximate surface area is 179 Å². The number of hydrogen-bond donors (Lipinski definition) is 1. The smallest absolute Gasteiger partial charge is 0.227 e. The van der Waals surface area contributed by atoms with Crippen LogP contribution in [0.2, 0.25) is 0 Å². The number of nitrogens with zero attached hydrogens (tertiary/aromatic N) is 4. The molecule has 0 spiro atoms. The zero-order chi connectivity index (χ0) is 21.4. The molecule has 7 heteroatoms. The summed E-state index contributed by atoms with van der Waals surface area (Å²) in [5.41, 5.74) is 4.09. The van der Waals surface area contributed by atoms with E-state index in [1.54, 1.807) is 12.1 Å². The molecule has 31 heavy (non-hydrogen) atoms. The van der Waals surface area contributed by atoms with Gasteiger partial charge in [0.15, 0.2) is 0 Å². The maximum Gasteiger partial charge on any atom is 0.227 e. The van der Waals surface area contributed by atoms with Gasteiger partial charge in [0.25, 0.3) is 0 Å². The van der Waals surface area contributed by atoms with E-state index < -0.39 is 0 Å². The van der Waals surface area contributed by atoms with Crippen molar-refractivity contribution in [3.05, 3.63) is 72.4 Å². The number of fused-ring (bicyclic) bond motifs is 1. The van der Waals surface area contributed by atoms with Gasteiger partial charge in [-0.05, 0) is 54.7 Å². The van der Waals surface area contributed by atoms with Crippen LogP contribution in [0.15, 0.2) is 61.1 Å². The Morgan fingerprint density at radius 1 is 1.16 bits per heavy atom. The normalized spacial score (nSPS) is 18.7. The summed E-state index contributed by atoms with van der Waals surface area (Å²) in [6.07, 6.45) is 6.84. The van der Waals surface area contributed by atoms with Gasteiger partial charge < -0.3 is 4.90 Å². The lowest BCUT2D eigenvalue weighted by atomic mass is 10.1. The minimum atomic E-state index is -0.283. The summed E-state index contributed by atoms with van der Waals surface area (Å²) in [6.45, 7) is 3.59. The van der Waals surface area contributed by atoms with Gasteiger partial charge in [0.1, 0.15) is 5.82 Å². The van der Waals surface area contributed by atoms with Crippen LogP contribution in [0.1, 0.15) is 18.9 Å². The van der Waals surface area contributed by atoms with E-state index in [2.05, 4.69) is 40.4 Å². The molecule has 1 aliphatic rings. The van der Waals surface area contributed by atoms with Gasteiger partial charge in [-0.25, -0.2) is 4.39 Å². The van der Waals surface area contributed by atoms with Crippen LogP contribution < -0.4 is 0 Å². The number of carbonyl (C=O) groups is 1. The number of likely N-dealkylation sites (tertiary alicyclic amines) is 1. The summed E-state index contributed by atoms with van der Waals surface area (Å²) in [6, 6.07) is 12.7. The van der Waals surface area contributed by atoms with E-state index >= 15 is 0 Å². The quantitative estimate of drug-likeness (QED) is 0.533. The predicted molar refractivity (Wildman–Crippen MR) is 117 cm³/mol.